The number of carbonyl (C=O) groups is 3. The Balaban J connectivity index is 2.86. The minimum atomic E-state index is -1.21. The number of rotatable bonds is 3. The maximum atomic E-state index is 11.7. The number of hydrogen-bond donors (Lipinski definition) is 0. The molecule has 0 heterocycles. The van der Waals surface area contributed by atoms with Gasteiger partial charge in [-0.3, -0.25) is 9.59 Å². The SMILES string of the molecule is COC(=O)C1(C(=O)OC)CCC(C=O)CC1. The van der Waals surface area contributed by atoms with Gasteiger partial charge in [0.2, 0.25) is 0 Å². The normalized spacial score (nSPS) is 19.9. The summed E-state index contributed by atoms with van der Waals surface area (Å²) < 4.78 is 9.31. The molecule has 0 bridgehead atoms. The van der Waals surface area contributed by atoms with Crippen LogP contribution in [0.3, 0.4) is 0 Å². The monoisotopic (exact) mass is 228 g/mol. The van der Waals surface area contributed by atoms with Gasteiger partial charge in [-0.25, -0.2) is 0 Å². The van der Waals surface area contributed by atoms with Gasteiger partial charge in [0.1, 0.15) is 6.29 Å². The first-order valence-corrected chi connectivity index (χ1v) is 5.23. The van der Waals surface area contributed by atoms with E-state index in [9.17, 15) is 14.4 Å². The molecule has 16 heavy (non-hydrogen) atoms. The summed E-state index contributed by atoms with van der Waals surface area (Å²) in [6.45, 7) is 0. The quantitative estimate of drug-likeness (QED) is 0.404. The van der Waals surface area contributed by atoms with E-state index in [1.54, 1.807) is 0 Å². The van der Waals surface area contributed by atoms with E-state index in [2.05, 4.69) is 9.47 Å². The fourth-order valence-electron chi connectivity index (χ4n) is 2.15. The Morgan fingerprint density at radius 3 is 1.88 bits per heavy atom. The first-order valence-electron chi connectivity index (χ1n) is 5.23. The molecule has 0 saturated heterocycles. The molecule has 1 aliphatic rings. The van der Waals surface area contributed by atoms with Crippen molar-refractivity contribution in [2.75, 3.05) is 14.2 Å². The van der Waals surface area contributed by atoms with Gasteiger partial charge in [-0.05, 0) is 25.7 Å². The molecular weight excluding hydrogens is 212 g/mol. The second kappa shape index (κ2) is 5.09. The summed E-state index contributed by atoms with van der Waals surface area (Å²) in [6.07, 6.45) is 2.55. The van der Waals surface area contributed by atoms with Crippen LogP contribution in [0.15, 0.2) is 0 Å². The number of hydrogen-bond acceptors (Lipinski definition) is 5. The average Bonchev–Trinajstić information content (AvgIpc) is 2.36. The van der Waals surface area contributed by atoms with Gasteiger partial charge in [0.05, 0.1) is 14.2 Å². The summed E-state index contributed by atoms with van der Waals surface area (Å²) in [4.78, 5) is 34.0. The van der Waals surface area contributed by atoms with Crippen LogP contribution in [0, 0.1) is 11.3 Å². The van der Waals surface area contributed by atoms with E-state index in [-0.39, 0.29) is 5.92 Å². The van der Waals surface area contributed by atoms with Crippen molar-refractivity contribution in [1.29, 1.82) is 0 Å². The van der Waals surface area contributed by atoms with Gasteiger partial charge in [-0.15, -0.1) is 0 Å². The Bertz CT molecular complexity index is 271. The van der Waals surface area contributed by atoms with Crippen molar-refractivity contribution in [3.8, 4) is 0 Å². The molecule has 0 aliphatic heterocycles. The number of methoxy groups -OCH3 is 2. The molecule has 1 aliphatic carbocycles. The van der Waals surface area contributed by atoms with E-state index in [4.69, 9.17) is 0 Å². The molecule has 1 saturated carbocycles. The number of aldehydes is 1. The highest BCUT2D eigenvalue weighted by molar-refractivity contribution is 6.00. The maximum absolute atomic E-state index is 11.7. The van der Waals surface area contributed by atoms with Gasteiger partial charge in [0.25, 0.3) is 0 Å². The van der Waals surface area contributed by atoms with Crippen LogP contribution in [-0.4, -0.2) is 32.4 Å². The second-order valence-corrected chi connectivity index (χ2v) is 4.04. The third-order valence-corrected chi connectivity index (χ3v) is 3.23. The van der Waals surface area contributed by atoms with Crippen molar-refractivity contribution in [3.63, 3.8) is 0 Å². The van der Waals surface area contributed by atoms with Gasteiger partial charge in [-0.1, -0.05) is 0 Å². The molecule has 0 aromatic rings. The molecule has 1 fully saturated rings. The molecular formula is C11H16O5. The highest BCUT2D eigenvalue weighted by atomic mass is 16.5. The summed E-state index contributed by atoms with van der Waals surface area (Å²) >= 11 is 0. The molecule has 0 unspecified atom stereocenters. The summed E-state index contributed by atoms with van der Waals surface area (Å²) in [5.74, 6) is -1.20. The largest absolute Gasteiger partial charge is 0.468 e. The standard InChI is InChI=1S/C11H16O5/c1-15-9(13)11(10(14)16-2)5-3-8(7-12)4-6-11/h7-8H,3-6H2,1-2H3. The number of esters is 2. The number of ether oxygens (including phenoxy) is 2. The van der Waals surface area contributed by atoms with Gasteiger partial charge in [0, 0.05) is 5.92 Å². The molecule has 5 heteroatoms. The van der Waals surface area contributed by atoms with E-state index >= 15 is 0 Å². The molecule has 5 nitrogen and oxygen atoms in total. The average molecular weight is 228 g/mol. The Labute approximate surface area is 94.1 Å². The third kappa shape index (κ3) is 2.08. The Kier molecular flexibility index (Phi) is 4.04. The van der Waals surface area contributed by atoms with Gasteiger partial charge in [0.15, 0.2) is 5.41 Å². The van der Waals surface area contributed by atoms with E-state index < -0.39 is 17.4 Å². The first kappa shape index (κ1) is 12.7. The predicted molar refractivity (Wildman–Crippen MR) is 54.5 cm³/mol. The summed E-state index contributed by atoms with van der Waals surface area (Å²) in [7, 11) is 2.50. The zero-order valence-electron chi connectivity index (χ0n) is 9.52. The van der Waals surface area contributed by atoms with Crippen LogP contribution in [0.4, 0.5) is 0 Å². The van der Waals surface area contributed by atoms with E-state index in [0.29, 0.717) is 25.7 Å². The van der Waals surface area contributed by atoms with Crippen molar-refractivity contribution >= 4 is 18.2 Å². The van der Waals surface area contributed by atoms with Crippen LogP contribution in [0.1, 0.15) is 25.7 Å². The van der Waals surface area contributed by atoms with Crippen LogP contribution < -0.4 is 0 Å². The van der Waals surface area contributed by atoms with E-state index in [0.717, 1.165) is 6.29 Å². The summed E-state index contributed by atoms with van der Waals surface area (Å²) in [5, 5.41) is 0. The van der Waals surface area contributed by atoms with Gasteiger partial charge in [-0.2, -0.15) is 0 Å². The minimum absolute atomic E-state index is 0.0672. The molecule has 90 valence electrons. The van der Waals surface area contributed by atoms with Crippen LogP contribution in [0.2, 0.25) is 0 Å². The predicted octanol–water partition coefficient (Wildman–Crippen LogP) is 0.708. The Morgan fingerprint density at radius 2 is 1.56 bits per heavy atom. The maximum Gasteiger partial charge on any atom is 0.323 e. The fourth-order valence-corrected chi connectivity index (χ4v) is 2.15. The fraction of sp³-hybridized carbons (Fsp3) is 0.727. The number of carbonyl (C=O) groups excluding carboxylic acids is 3. The van der Waals surface area contributed by atoms with Crippen LogP contribution in [0.25, 0.3) is 0 Å². The summed E-state index contributed by atoms with van der Waals surface area (Å²) in [6, 6.07) is 0. The van der Waals surface area contributed by atoms with Crippen molar-refractivity contribution < 1.29 is 23.9 Å². The molecule has 0 N–H and O–H groups in total. The third-order valence-electron chi connectivity index (χ3n) is 3.23. The smallest absolute Gasteiger partial charge is 0.323 e. The molecule has 0 aromatic heterocycles. The minimum Gasteiger partial charge on any atom is -0.468 e. The first-order chi connectivity index (χ1) is 7.60. The van der Waals surface area contributed by atoms with Crippen molar-refractivity contribution in [1.82, 2.24) is 0 Å². The van der Waals surface area contributed by atoms with Crippen LogP contribution in [0.5, 0.6) is 0 Å². The topological polar surface area (TPSA) is 69.7 Å². The highest BCUT2D eigenvalue weighted by Gasteiger charge is 2.50. The highest BCUT2D eigenvalue weighted by Crippen LogP contribution is 2.40. The molecule has 1 rings (SSSR count). The van der Waals surface area contributed by atoms with E-state index in [1.807, 2.05) is 0 Å². The van der Waals surface area contributed by atoms with Crippen molar-refractivity contribution in [3.05, 3.63) is 0 Å². The molecule has 0 atom stereocenters. The Morgan fingerprint density at radius 1 is 1.12 bits per heavy atom. The molecule has 0 amide bonds. The van der Waals surface area contributed by atoms with E-state index in [1.165, 1.54) is 14.2 Å². The van der Waals surface area contributed by atoms with Crippen molar-refractivity contribution in [2.45, 2.75) is 25.7 Å². The lowest BCUT2D eigenvalue weighted by Gasteiger charge is -2.33. The zero-order chi connectivity index (χ0) is 12.2. The molecule has 0 spiro atoms. The van der Waals surface area contributed by atoms with Crippen LogP contribution >= 0.6 is 0 Å². The molecule has 0 aromatic carbocycles. The lowest BCUT2D eigenvalue weighted by Crippen LogP contribution is -2.44. The summed E-state index contributed by atoms with van der Waals surface area (Å²) in [5.41, 5.74) is -1.21. The van der Waals surface area contributed by atoms with Gasteiger partial charge < -0.3 is 14.3 Å². The van der Waals surface area contributed by atoms with Crippen LogP contribution in [-0.2, 0) is 23.9 Å². The van der Waals surface area contributed by atoms with Crippen molar-refractivity contribution in [2.24, 2.45) is 11.3 Å². The second-order valence-electron chi connectivity index (χ2n) is 4.04. The molecule has 0 radical (unpaired) electrons. The zero-order valence-corrected chi connectivity index (χ0v) is 9.52. The lowest BCUT2D eigenvalue weighted by atomic mass is 9.70. The Hall–Kier alpha value is -1.39. The van der Waals surface area contributed by atoms with Gasteiger partial charge >= 0.3 is 11.9 Å². The lowest BCUT2D eigenvalue weighted by molar-refractivity contribution is -0.172.